The van der Waals surface area contributed by atoms with Crippen LogP contribution in [0.5, 0.6) is 0 Å². The van der Waals surface area contributed by atoms with Gasteiger partial charge in [-0.05, 0) is 50.6 Å². The van der Waals surface area contributed by atoms with Crippen molar-refractivity contribution in [2.75, 3.05) is 6.54 Å². The molecule has 0 aliphatic heterocycles. The summed E-state index contributed by atoms with van der Waals surface area (Å²) in [6.07, 6.45) is 1.01. The summed E-state index contributed by atoms with van der Waals surface area (Å²) in [7, 11) is 0. The number of carbonyl (C=O) groups is 1. The van der Waals surface area contributed by atoms with E-state index in [1.54, 1.807) is 6.07 Å². The molecule has 5 heteroatoms. The van der Waals surface area contributed by atoms with E-state index in [2.05, 4.69) is 23.4 Å². The van der Waals surface area contributed by atoms with Crippen LogP contribution in [0.2, 0.25) is 0 Å². The van der Waals surface area contributed by atoms with Gasteiger partial charge in [-0.1, -0.05) is 12.1 Å². The van der Waals surface area contributed by atoms with E-state index in [1.165, 1.54) is 5.69 Å². The summed E-state index contributed by atoms with van der Waals surface area (Å²) in [5.74, 6) is -0.388. The molecule has 1 heterocycles. The van der Waals surface area contributed by atoms with Crippen LogP contribution in [0.25, 0.3) is 0 Å². The molecule has 0 saturated heterocycles. The van der Waals surface area contributed by atoms with E-state index < -0.39 is 0 Å². The molecule has 3 N–H and O–H groups in total. The molecular formula is C16H22N4O. The van der Waals surface area contributed by atoms with Gasteiger partial charge in [0.25, 0.3) is 0 Å². The smallest absolute Gasteiger partial charge is 0.248 e. The highest BCUT2D eigenvalue weighted by Gasteiger charge is 2.02. The van der Waals surface area contributed by atoms with Crippen molar-refractivity contribution < 1.29 is 4.79 Å². The second kappa shape index (κ2) is 7.04. The number of nitrogens with two attached hydrogens (primary N) is 1. The lowest BCUT2D eigenvalue weighted by atomic mass is 10.1. The highest BCUT2D eigenvalue weighted by molar-refractivity contribution is 5.92. The first-order valence-electron chi connectivity index (χ1n) is 7.17. The monoisotopic (exact) mass is 286 g/mol. The van der Waals surface area contributed by atoms with Gasteiger partial charge >= 0.3 is 0 Å². The minimum Gasteiger partial charge on any atom is -0.366 e. The molecule has 2 aromatic rings. The van der Waals surface area contributed by atoms with E-state index in [0.717, 1.165) is 37.3 Å². The minimum atomic E-state index is -0.388. The van der Waals surface area contributed by atoms with Crippen LogP contribution in [-0.4, -0.2) is 22.2 Å². The maximum atomic E-state index is 11.1. The first-order valence-corrected chi connectivity index (χ1v) is 7.17. The van der Waals surface area contributed by atoms with Crippen molar-refractivity contribution in [2.24, 2.45) is 5.73 Å². The average molecular weight is 286 g/mol. The Morgan fingerprint density at radius 2 is 2.14 bits per heavy atom. The van der Waals surface area contributed by atoms with E-state index in [4.69, 9.17) is 5.73 Å². The number of rotatable bonds is 7. The number of nitrogens with one attached hydrogen (secondary N) is 1. The Bertz CT molecular complexity index is 618. The van der Waals surface area contributed by atoms with Crippen molar-refractivity contribution in [2.45, 2.75) is 33.4 Å². The van der Waals surface area contributed by atoms with Crippen LogP contribution in [0.1, 0.15) is 33.7 Å². The summed E-state index contributed by atoms with van der Waals surface area (Å²) in [5.41, 5.74) is 9.15. The summed E-state index contributed by atoms with van der Waals surface area (Å²) < 4.78 is 2.03. The molecule has 112 valence electrons. The molecule has 0 aliphatic rings. The Morgan fingerprint density at radius 3 is 2.81 bits per heavy atom. The minimum absolute atomic E-state index is 0.388. The second-order valence-corrected chi connectivity index (χ2v) is 5.25. The topological polar surface area (TPSA) is 72.9 Å². The van der Waals surface area contributed by atoms with Crippen molar-refractivity contribution in [3.8, 4) is 0 Å². The average Bonchev–Trinajstić information content (AvgIpc) is 2.77. The molecule has 0 bridgehead atoms. The highest BCUT2D eigenvalue weighted by atomic mass is 16.1. The second-order valence-electron chi connectivity index (χ2n) is 5.25. The Morgan fingerprint density at radius 1 is 1.33 bits per heavy atom. The van der Waals surface area contributed by atoms with Crippen LogP contribution < -0.4 is 11.1 Å². The Balaban J connectivity index is 1.73. The third-order valence-corrected chi connectivity index (χ3v) is 3.37. The Hall–Kier alpha value is -2.14. The number of hydrogen-bond donors (Lipinski definition) is 2. The molecule has 0 spiro atoms. The zero-order valence-corrected chi connectivity index (χ0v) is 12.6. The van der Waals surface area contributed by atoms with E-state index >= 15 is 0 Å². The zero-order chi connectivity index (χ0) is 15.2. The molecule has 0 aliphatic carbocycles. The summed E-state index contributed by atoms with van der Waals surface area (Å²) >= 11 is 0. The molecule has 2 rings (SSSR count). The van der Waals surface area contributed by atoms with Gasteiger partial charge in [0.1, 0.15) is 0 Å². The van der Waals surface area contributed by atoms with Crippen molar-refractivity contribution in [3.05, 3.63) is 52.8 Å². The molecule has 1 aromatic heterocycles. The first kappa shape index (κ1) is 15.3. The van der Waals surface area contributed by atoms with Crippen molar-refractivity contribution in [1.82, 2.24) is 15.1 Å². The molecule has 0 atom stereocenters. The van der Waals surface area contributed by atoms with Crippen LogP contribution in [0.15, 0.2) is 30.3 Å². The van der Waals surface area contributed by atoms with Gasteiger partial charge in [0.15, 0.2) is 0 Å². The fourth-order valence-electron chi connectivity index (χ4n) is 2.32. The Labute approximate surface area is 125 Å². The van der Waals surface area contributed by atoms with Crippen LogP contribution >= 0.6 is 0 Å². The van der Waals surface area contributed by atoms with Crippen LogP contribution in [-0.2, 0) is 13.1 Å². The summed E-state index contributed by atoms with van der Waals surface area (Å²) in [6.45, 7) is 6.63. The van der Waals surface area contributed by atoms with E-state index in [9.17, 15) is 4.79 Å². The zero-order valence-electron chi connectivity index (χ0n) is 12.6. The van der Waals surface area contributed by atoms with Gasteiger partial charge in [0, 0.05) is 24.3 Å². The molecule has 0 radical (unpaired) electrons. The number of carbonyl (C=O) groups excluding carboxylic acids is 1. The predicted octanol–water partition coefficient (Wildman–Crippen LogP) is 1.78. The molecule has 0 fully saturated rings. The molecule has 5 nitrogen and oxygen atoms in total. The number of aryl methyl sites for hydroxylation is 3. The molecule has 0 saturated carbocycles. The largest absolute Gasteiger partial charge is 0.366 e. The van der Waals surface area contributed by atoms with Crippen molar-refractivity contribution >= 4 is 5.91 Å². The Kier molecular flexibility index (Phi) is 5.11. The van der Waals surface area contributed by atoms with Gasteiger partial charge in [0.05, 0.1) is 5.69 Å². The van der Waals surface area contributed by atoms with E-state index in [0.29, 0.717) is 5.56 Å². The summed E-state index contributed by atoms with van der Waals surface area (Å²) in [6, 6.07) is 9.49. The fourth-order valence-corrected chi connectivity index (χ4v) is 2.32. The van der Waals surface area contributed by atoms with Gasteiger partial charge in [-0.3, -0.25) is 9.48 Å². The number of hydrogen-bond acceptors (Lipinski definition) is 3. The number of nitrogens with zero attached hydrogens (tertiary/aromatic N) is 2. The maximum Gasteiger partial charge on any atom is 0.248 e. The SMILES string of the molecule is Cc1cc(C)n(CCCNCc2cccc(C(N)=O)c2)n1. The fraction of sp³-hybridized carbons (Fsp3) is 0.375. The lowest BCUT2D eigenvalue weighted by Gasteiger charge is -2.07. The quantitative estimate of drug-likeness (QED) is 0.762. The predicted molar refractivity (Wildman–Crippen MR) is 83.0 cm³/mol. The van der Waals surface area contributed by atoms with Gasteiger partial charge in [-0.15, -0.1) is 0 Å². The lowest BCUT2D eigenvalue weighted by Crippen LogP contribution is -2.18. The van der Waals surface area contributed by atoms with Crippen molar-refractivity contribution in [3.63, 3.8) is 0 Å². The van der Waals surface area contributed by atoms with Crippen LogP contribution in [0.4, 0.5) is 0 Å². The van der Waals surface area contributed by atoms with E-state index in [-0.39, 0.29) is 5.91 Å². The number of primary amides is 1. The van der Waals surface area contributed by atoms with Crippen LogP contribution in [0, 0.1) is 13.8 Å². The molecule has 0 unspecified atom stereocenters. The van der Waals surface area contributed by atoms with Gasteiger partial charge < -0.3 is 11.1 Å². The third kappa shape index (κ3) is 4.43. The van der Waals surface area contributed by atoms with E-state index in [1.807, 2.05) is 29.8 Å². The molecule has 1 amide bonds. The van der Waals surface area contributed by atoms with Crippen molar-refractivity contribution in [1.29, 1.82) is 0 Å². The maximum absolute atomic E-state index is 11.1. The molecule has 1 aromatic carbocycles. The van der Waals surface area contributed by atoms with Gasteiger partial charge in [-0.25, -0.2) is 0 Å². The summed E-state index contributed by atoms with van der Waals surface area (Å²) in [4.78, 5) is 11.1. The molecule has 21 heavy (non-hydrogen) atoms. The van der Waals surface area contributed by atoms with Gasteiger partial charge in [0.2, 0.25) is 5.91 Å². The number of amides is 1. The highest BCUT2D eigenvalue weighted by Crippen LogP contribution is 2.05. The lowest BCUT2D eigenvalue weighted by molar-refractivity contribution is 0.1000. The normalized spacial score (nSPS) is 10.8. The summed E-state index contributed by atoms with van der Waals surface area (Å²) in [5, 5.41) is 7.81. The van der Waals surface area contributed by atoms with Gasteiger partial charge in [-0.2, -0.15) is 5.10 Å². The standard InChI is InChI=1S/C16H22N4O/c1-12-9-13(2)20(19-12)8-4-7-18-11-14-5-3-6-15(10-14)16(17)21/h3,5-6,9-10,18H,4,7-8,11H2,1-2H3,(H2,17,21). The van der Waals surface area contributed by atoms with Crippen LogP contribution in [0.3, 0.4) is 0 Å². The third-order valence-electron chi connectivity index (χ3n) is 3.37. The molecular weight excluding hydrogens is 264 g/mol. The first-order chi connectivity index (χ1) is 10.1. The number of aromatic nitrogens is 2. The number of benzene rings is 1.